The Kier molecular flexibility index (Phi) is 10.0. The third-order valence-corrected chi connectivity index (χ3v) is 3.09. The molecule has 0 aromatic carbocycles. The van der Waals surface area contributed by atoms with Crippen LogP contribution in [0.1, 0.15) is 46.4 Å². The number of Topliss-reactive ketones (excluding diaryl/α,β-unsaturated/α-hetero) is 1. The predicted molar refractivity (Wildman–Crippen MR) is 81.8 cm³/mol. The second-order valence-corrected chi connectivity index (χ2v) is 4.62. The van der Waals surface area contributed by atoms with Crippen molar-refractivity contribution in [2.45, 2.75) is 59.0 Å². The Morgan fingerprint density at radius 2 is 1.86 bits per heavy atom. The Bertz CT molecular complexity index is 402. The van der Waals surface area contributed by atoms with Crippen LogP contribution in [0.2, 0.25) is 0 Å². The summed E-state index contributed by atoms with van der Waals surface area (Å²) in [5, 5.41) is 12.0. The molecular formula is C14H27N5O2. The minimum absolute atomic E-state index is 0.00630. The van der Waals surface area contributed by atoms with Crippen molar-refractivity contribution in [1.82, 2.24) is 25.8 Å². The number of ketones is 1. The third kappa shape index (κ3) is 7.55. The van der Waals surface area contributed by atoms with Gasteiger partial charge in [0.25, 0.3) is 0 Å². The first-order chi connectivity index (χ1) is 9.99. The molecule has 0 bridgehead atoms. The minimum Gasteiger partial charge on any atom is -0.345 e. The lowest BCUT2D eigenvalue weighted by Gasteiger charge is -2.18. The molecule has 0 fully saturated rings. The van der Waals surface area contributed by atoms with E-state index in [0.717, 1.165) is 18.7 Å². The number of nitrogens with one attached hydrogen (secondary N) is 3. The van der Waals surface area contributed by atoms with E-state index in [2.05, 4.69) is 25.8 Å². The fourth-order valence-electron chi connectivity index (χ4n) is 1.69. The van der Waals surface area contributed by atoms with Gasteiger partial charge in [-0.25, -0.2) is 4.98 Å². The second-order valence-electron chi connectivity index (χ2n) is 4.62. The zero-order chi connectivity index (χ0) is 16.3. The van der Waals surface area contributed by atoms with Crippen molar-refractivity contribution in [1.29, 1.82) is 0 Å². The number of hydrogen-bond acceptors (Lipinski definition) is 5. The lowest BCUT2D eigenvalue weighted by molar-refractivity contribution is -0.128. The number of carbonyl (C=O) groups is 2. The van der Waals surface area contributed by atoms with Crippen LogP contribution < -0.4 is 10.6 Å². The summed E-state index contributed by atoms with van der Waals surface area (Å²) in [7, 11) is 1.74. The van der Waals surface area contributed by atoms with Crippen LogP contribution in [0.25, 0.3) is 0 Å². The molecule has 7 nitrogen and oxygen atoms in total. The van der Waals surface area contributed by atoms with Crippen molar-refractivity contribution in [3.05, 3.63) is 12.2 Å². The Morgan fingerprint density at radius 1 is 1.24 bits per heavy atom. The summed E-state index contributed by atoms with van der Waals surface area (Å²) in [6.45, 7) is 7.33. The highest BCUT2D eigenvalue weighted by molar-refractivity contribution is 5.89. The van der Waals surface area contributed by atoms with Gasteiger partial charge in [-0.1, -0.05) is 20.8 Å². The van der Waals surface area contributed by atoms with E-state index in [0.29, 0.717) is 6.42 Å². The van der Waals surface area contributed by atoms with Crippen molar-refractivity contribution in [2.24, 2.45) is 0 Å². The highest BCUT2D eigenvalue weighted by atomic mass is 16.2. The lowest BCUT2D eigenvalue weighted by Crippen LogP contribution is -2.48. The van der Waals surface area contributed by atoms with Gasteiger partial charge in [0.15, 0.2) is 5.78 Å². The van der Waals surface area contributed by atoms with Gasteiger partial charge in [0.2, 0.25) is 5.91 Å². The maximum Gasteiger partial charge on any atom is 0.237 e. The first kappa shape index (κ1) is 19.2. The molecule has 1 rings (SSSR count). The summed E-state index contributed by atoms with van der Waals surface area (Å²) < 4.78 is 0. The number of hydrogen-bond donors (Lipinski definition) is 3. The molecule has 1 aromatic heterocycles. The number of nitrogens with zero attached hydrogens (tertiary/aromatic N) is 2. The summed E-state index contributed by atoms with van der Waals surface area (Å²) in [5.74, 6) is 0.851. The fraction of sp³-hybridized carbons (Fsp3) is 0.714. The highest BCUT2D eigenvalue weighted by Crippen LogP contribution is 1.96. The van der Waals surface area contributed by atoms with Crippen molar-refractivity contribution >= 4 is 11.7 Å². The smallest absolute Gasteiger partial charge is 0.237 e. The van der Waals surface area contributed by atoms with Gasteiger partial charge < -0.3 is 10.6 Å². The van der Waals surface area contributed by atoms with Crippen LogP contribution in [0.15, 0.2) is 6.33 Å². The van der Waals surface area contributed by atoms with Crippen molar-refractivity contribution < 1.29 is 9.59 Å². The zero-order valence-corrected chi connectivity index (χ0v) is 13.6. The van der Waals surface area contributed by atoms with Crippen LogP contribution in [0, 0.1) is 0 Å². The molecule has 0 aliphatic carbocycles. The molecular weight excluding hydrogens is 270 g/mol. The molecule has 21 heavy (non-hydrogen) atoms. The Hall–Kier alpha value is -1.76. The summed E-state index contributed by atoms with van der Waals surface area (Å²) in [6, 6.07) is -0.548. The molecule has 1 aromatic rings. The quantitative estimate of drug-likeness (QED) is 0.692. The van der Waals surface area contributed by atoms with Gasteiger partial charge in [0.05, 0.1) is 12.1 Å². The second kappa shape index (κ2) is 11.0. The van der Waals surface area contributed by atoms with Gasteiger partial charge in [0, 0.05) is 6.42 Å². The van der Waals surface area contributed by atoms with E-state index >= 15 is 0 Å². The minimum atomic E-state index is -0.343. The van der Waals surface area contributed by atoms with Gasteiger partial charge in [-0.3, -0.25) is 14.7 Å². The zero-order valence-electron chi connectivity index (χ0n) is 13.6. The average Bonchev–Trinajstić information content (AvgIpc) is 2.99. The fourth-order valence-corrected chi connectivity index (χ4v) is 1.69. The van der Waals surface area contributed by atoms with Crippen LogP contribution in [-0.4, -0.2) is 46.0 Å². The predicted octanol–water partition coefficient (Wildman–Crippen LogP) is 0.835. The number of aromatic amines is 1. The van der Waals surface area contributed by atoms with E-state index in [1.54, 1.807) is 7.05 Å². The topological polar surface area (TPSA) is 99.8 Å². The molecule has 1 amide bonds. The monoisotopic (exact) mass is 297 g/mol. The first-order valence-electron chi connectivity index (χ1n) is 7.32. The summed E-state index contributed by atoms with van der Waals surface area (Å²) >= 11 is 0. The lowest BCUT2D eigenvalue weighted by atomic mass is 10.1. The Balaban J connectivity index is 0.000000471. The number of aryl methyl sites for hydroxylation is 1. The average molecular weight is 297 g/mol. The molecule has 120 valence electrons. The number of likely N-dealkylation sites (N-methyl/N-ethyl adjacent to an activating group) is 1. The summed E-state index contributed by atoms with van der Waals surface area (Å²) in [4.78, 5) is 26.5. The van der Waals surface area contributed by atoms with Gasteiger partial charge in [-0.05, 0) is 26.8 Å². The van der Waals surface area contributed by atoms with Crippen molar-refractivity contribution in [3.8, 4) is 0 Å². The van der Waals surface area contributed by atoms with Gasteiger partial charge in [-0.15, -0.1) is 0 Å². The van der Waals surface area contributed by atoms with Crippen LogP contribution >= 0.6 is 0 Å². The molecule has 0 spiro atoms. The van der Waals surface area contributed by atoms with E-state index in [1.165, 1.54) is 13.3 Å². The number of aromatic nitrogens is 3. The van der Waals surface area contributed by atoms with Crippen LogP contribution in [-0.2, 0) is 16.0 Å². The number of H-pyrrole nitrogens is 1. The standard InChI is InChI=1S/C10H20N2O2.C4H7N3/c1-5-8(7(3)13)12-10(14)9(6-2)11-4;1-2-4-5-3-6-7-4/h8-9,11H,5-6H2,1-4H3,(H,12,14);3H,2H2,1H3,(H,5,6,7). The molecule has 0 saturated heterocycles. The summed E-state index contributed by atoms with van der Waals surface area (Å²) in [6.07, 6.45) is 3.80. The van der Waals surface area contributed by atoms with Gasteiger partial charge in [-0.2, -0.15) is 5.10 Å². The maximum absolute atomic E-state index is 11.6. The number of carbonyl (C=O) groups excluding carboxylic acids is 2. The van der Waals surface area contributed by atoms with Crippen molar-refractivity contribution in [3.63, 3.8) is 0 Å². The molecule has 7 heteroatoms. The number of amides is 1. The number of rotatable bonds is 7. The van der Waals surface area contributed by atoms with E-state index in [4.69, 9.17) is 0 Å². The molecule has 2 atom stereocenters. The molecule has 1 heterocycles. The van der Waals surface area contributed by atoms with Gasteiger partial charge >= 0.3 is 0 Å². The summed E-state index contributed by atoms with van der Waals surface area (Å²) in [5.41, 5.74) is 0. The Morgan fingerprint density at radius 3 is 2.14 bits per heavy atom. The highest BCUT2D eigenvalue weighted by Gasteiger charge is 2.19. The van der Waals surface area contributed by atoms with Crippen LogP contribution in [0.3, 0.4) is 0 Å². The molecule has 0 saturated carbocycles. The normalized spacial score (nSPS) is 12.8. The molecule has 3 N–H and O–H groups in total. The van der Waals surface area contributed by atoms with Crippen molar-refractivity contribution in [2.75, 3.05) is 7.05 Å². The molecule has 0 aliphatic rings. The first-order valence-corrected chi connectivity index (χ1v) is 7.32. The molecule has 2 unspecified atom stereocenters. The third-order valence-electron chi connectivity index (χ3n) is 3.09. The Labute approximate surface area is 126 Å². The maximum atomic E-state index is 11.6. The van der Waals surface area contributed by atoms with Crippen LogP contribution in [0.5, 0.6) is 0 Å². The molecule has 0 aliphatic heterocycles. The largest absolute Gasteiger partial charge is 0.345 e. The SMILES string of the molecule is CCC(NC(=O)C(CC)NC)C(C)=O.CCc1ncn[nH]1. The molecule has 0 radical (unpaired) electrons. The van der Waals surface area contributed by atoms with Gasteiger partial charge in [0.1, 0.15) is 12.2 Å². The van der Waals surface area contributed by atoms with E-state index in [1.807, 2.05) is 20.8 Å². The van der Waals surface area contributed by atoms with E-state index in [-0.39, 0.29) is 23.8 Å². The van der Waals surface area contributed by atoms with Crippen LogP contribution in [0.4, 0.5) is 0 Å². The van der Waals surface area contributed by atoms with E-state index in [9.17, 15) is 9.59 Å². The van der Waals surface area contributed by atoms with E-state index < -0.39 is 0 Å².